The van der Waals surface area contributed by atoms with E-state index in [0.717, 1.165) is 16.7 Å². The maximum absolute atomic E-state index is 13.9. The second kappa shape index (κ2) is 8.06. The molecule has 0 atom stereocenters. The maximum Gasteiger partial charge on any atom is 0.417 e. The van der Waals surface area contributed by atoms with Crippen LogP contribution in [0, 0.1) is 27.7 Å². The number of aryl methyl sites for hydroxylation is 3. The van der Waals surface area contributed by atoms with Gasteiger partial charge in [0.2, 0.25) is 0 Å². The van der Waals surface area contributed by atoms with Crippen LogP contribution in [0.2, 0.25) is 0 Å². The Labute approximate surface area is 188 Å². The van der Waals surface area contributed by atoms with E-state index in [0.29, 0.717) is 23.2 Å². The molecule has 3 heterocycles. The van der Waals surface area contributed by atoms with E-state index in [1.165, 1.54) is 23.3 Å². The van der Waals surface area contributed by atoms with Crippen LogP contribution in [0.3, 0.4) is 0 Å². The average molecular weight is 456 g/mol. The normalized spacial score (nSPS) is 11.9. The van der Waals surface area contributed by atoms with Gasteiger partial charge in [-0.15, -0.1) is 0 Å². The van der Waals surface area contributed by atoms with Crippen LogP contribution in [0.5, 0.6) is 5.75 Å². The van der Waals surface area contributed by atoms with Crippen molar-refractivity contribution in [3.8, 4) is 11.4 Å². The summed E-state index contributed by atoms with van der Waals surface area (Å²) < 4.78 is 49.8. The molecule has 0 aliphatic carbocycles. The minimum absolute atomic E-state index is 0.0348. The Morgan fingerprint density at radius 1 is 1.06 bits per heavy atom. The molecule has 172 valence electrons. The third-order valence-corrected chi connectivity index (χ3v) is 5.74. The van der Waals surface area contributed by atoms with Crippen molar-refractivity contribution < 1.29 is 17.9 Å². The van der Waals surface area contributed by atoms with Crippen molar-refractivity contribution in [1.82, 2.24) is 19.3 Å². The number of aromatic nitrogens is 4. The summed E-state index contributed by atoms with van der Waals surface area (Å²) >= 11 is 0. The fourth-order valence-corrected chi connectivity index (χ4v) is 4.08. The van der Waals surface area contributed by atoms with Gasteiger partial charge in [0.25, 0.3) is 5.56 Å². The topological polar surface area (TPSA) is 61.9 Å². The zero-order valence-electron chi connectivity index (χ0n) is 18.9. The van der Waals surface area contributed by atoms with Gasteiger partial charge in [0.1, 0.15) is 11.4 Å². The van der Waals surface area contributed by atoms with E-state index in [1.54, 1.807) is 18.3 Å². The monoisotopic (exact) mass is 456 g/mol. The zero-order chi connectivity index (χ0) is 24.1. The van der Waals surface area contributed by atoms with E-state index in [2.05, 4.69) is 10.1 Å². The molecular weight excluding hydrogens is 433 g/mol. The SMILES string of the molecule is COc1c(C)cnc(Cn2c(=O)cc(C(F)(F)F)c3c(C)nn(-c4ccc(C)cc4)c32)c1C. The van der Waals surface area contributed by atoms with Crippen molar-refractivity contribution in [2.75, 3.05) is 7.11 Å². The predicted molar refractivity (Wildman–Crippen MR) is 119 cm³/mol. The van der Waals surface area contributed by atoms with Gasteiger partial charge in [0.15, 0.2) is 0 Å². The van der Waals surface area contributed by atoms with Gasteiger partial charge in [-0.1, -0.05) is 17.7 Å². The summed E-state index contributed by atoms with van der Waals surface area (Å²) in [5.41, 5.74) is 2.07. The summed E-state index contributed by atoms with van der Waals surface area (Å²) in [6.45, 7) is 7.04. The summed E-state index contributed by atoms with van der Waals surface area (Å²) in [7, 11) is 1.54. The number of fused-ring (bicyclic) bond motifs is 1. The lowest BCUT2D eigenvalue weighted by Crippen LogP contribution is -2.25. The van der Waals surface area contributed by atoms with E-state index in [-0.39, 0.29) is 23.3 Å². The number of rotatable bonds is 4. The molecule has 0 saturated carbocycles. The molecule has 33 heavy (non-hydrogen) atoms. The Hall–Kier alpha value is -3.62. The largest absolute Gasteiger partial charge is 0.496 e. The highest BCUT2D eigenvalue weighted by Gasteiger charge is 2.36. The number of pyridine rings is 2. The van der Waals surface area contributed by atoms with Gasteiger partial charge >= 0.3 is 6.18 Å². The number of halogens is 3. The maximum atomic E-state index is 13.9. The van der Waals surface area contributed by atoms with Crippen LogP contribution in [-0.4, -0.2) is 26.4 Å². The van der Waals surface area contributed by atoms with Crippen LogP contribution < -0.4 is 10.3 Å². The molecule has 0 unspecified atom stereocenters. The third kappa shape index (κ3) is 3.88. The first-order chi connectivity index (χ1) is 15.5. The highest BCUT2D eigenvalue weighted by molar-refractivity contribution is 5.84. The standard InChI is InChI=1S/C24H23F3N4O2/c1-13-6-8-17(9-7-13)31-23-21(16(4)29-31)18(24(25,26)27)10-20(32)30(23)12-19-15(3)22(33-5)14(2)11-28-19/h6-11H,12H2,1-5H3. The smallest absolute Gasteiger partial charge is 0.417 e. The van der Waals surface area contributed by atoms with Crippen molar-refractivity contribution in [2.24, 2.45) is 0 Å². The van der Waals surface area contributed by atoms with Gasteiger partial charge in [-0.25, -0.2) is 4.68 Å². The van der Waals surface area contributed by atoms with Crippen LogP contribution in [0.15, 0.2) is 41.3 Å². The van der Waals surface area contributed by atoms with E-state index >= 15 is 0 Å². The molecule has 6 nitrogen and oxygen atoms in total. The van der Waals surface area contributed by atoms with Gasteiger partial charge in [0.05, 0.1) is 41.7 Å². The average Bonchev–Trinajstić information content (AvgIpc) is 3.08. The Balaban J connectivity index is 2.06. The quantitative estimate of drug-likeness (QED) is 0.439. The molecule has 0 bridgehead atoms. The van der Waals surface area contributed by atoms with Crippen LogP contribution in [-0.2, 0) is 12.7 Å². The van der Waals surface area contributed by atoms with Gasteiger partial charge in [0, 0.05) is 23.4 Å². The van der Waals surface area contributed by atoms with Gasteiger partial charge < -0.3 is 4.74 Å². The van der Waals surface area contributed by atoms with Crippen LogP contribution in [0.4, 0.5) is 13.2 Å². The molecule has 4 rings (SSSR count). The fraction of sp³-hybridized carbons (Fsp3) is 0.292. The molecule has 0 amide bonds. The molecule has 0 radical (unpaired) electrons. The van der Waals surface area contributed by atoms with Gasteiger partial charge in [-0.05, 0) is 39.8 Å². The minimum atomic E-state index is -4.70. The first kappa shape index (κ1) is 22.6. The molecule has 1 aromatic carbocycles. The Morgan fingerprint density at radius 3 is 2.33 bits per heavy atom. The zero-order valence-corrected chi connectivity index (χ0v) is 18.9. The molecule has 3 aromatic heterocycles. The number of benzene rings is 1. The van der Waals surface area contributed by atoms with Gasteiger partial charge in [-0.2, -0.15) is 18.3 Å². The number of hydrogen-bond acceptors (Lipinski definition) is 4. The molecule has 4 aromatic rings. The van der Waals surface area contributed by atoms with Crippen molar-refractivity contribution >= 4 is 11.0 Å². The lowest BCUT2D eigenvalue weighted by atomic mass is 10.1. The second-order valence-corrected chi connectivity index (χ2v) is 8.06. The third-order valence-electron chi connectivity index (χ3n) is 5.74. The molecule has 0 aliphatic rings. The van der Waals surface area contributed by atoms with Crippen LogP contribution in [0.1, 0.15) is 33.6 Å². The Bertz CT molecular complexity index is 1420. The highest BCUT2D eigenvalue weighted by atomic mass is 19.4. The van der Waals surface area contributed by atoms with E-state index in [4.69, 9.17) is 4.74 Å². The fourth-order valence-electron chi connectivity index (χ4n) is 4.08. The number of hydrogen-bond donors (Lipinski definition) is 0. The summed E-state index contributed by atoms with van der Waals surface area (Å²) in [6.07, 6.45) is -3.08. The number of nitrogens with zero attached hydrogens (tertiary/aromatic N) is 4. The van der Waals surface area contributed by atoms with Crippen LogP contribution >= 0.6 is 0 Å². The van der Waals surface area contributed by atoms with Crippen LogP contribution in [0.25, 0.3) is 16.7 Å². The highest BCUT2D eigenvalue weighted by Crippen LogP contribution is 2.36. The molecule has 0 aliphatic heterocycles. The molecule has 0 saturated heterocycles. The first-order valence-electron chi connectivity index (χ1n) is 10.3. The second-order valence-electron chi connectivity index (χ2n) is 8.06. The number of ether oxygens (including phenoxy) is 1. The number of alkyl halides is 3. The summed E-state index contributed by atoms with van der Waals surface area (Å²) in [6, 6.07) is 7.83. The first-order valence-corrected chi connectivity index (χ1v) is 10.3. The summed E-state index contributed by atoms with van der Waals surface area (Å²) in [5, 5.41) is 4.28. The van der Waals surface area contributed by atoms with Crippen molar-refractivity contribution in [3.05, 3.63) is 80.5 Å². The molecule has 0 N–H and O–H groups in total. The van der Waals surface area contributed by atoms with Crippen molar-refractivity contribution in [2.45, 2.75) is 40.4 Å². The lowest BCUT2D eigenvalue weighted by molar-refractivity contribution is -0.136. The van der Waals surface area contributed by atoms with Crippen molar-refractivity contribution in [3.63, 3.8) is 0 Å². The van der Waals surface area contributed by atoms with Crippen molar-refractivity contribution in [1.29, 1.82) is 0 Å². The lowest BCUT2D eigenvalue weighted by Gasteiger charge is -2.17. The Morgan fingerprint density at radius 2 is 1.73 bits per heavy atom. The Kier molecular flexibility index (Phi) is 5.51. The van der Waals surface area contributed by atoms with E-state index in [9.17, 15) is 18.0 Å². The minimum Gasteiger partial charge on any atom is -0.496 e. The predicted octanol–water partition coefficient (Wildman–Crippen LogP) is 4.89. The molecular formula is C24H23F3N4O2. The summed E-state index contributed by atoms with van der Waals surface area (Å²) in [5.74, 6) is 0.624. The van der Waals surface area contributed by atoms with E-state index < -0.39 is 17.3 Å². The molecule has 0 fully saturated rings. The molecule has 9 heteroatoms. The van der Waals surface area contributed by atoms with E-state index in [1.807, 2.05) is 32.9 Å². The summed E-state index contributed by atoms with van der Waals surface area (Å²) in [4.78, 5) is 17.5. The molecule has 0 spiro atoms. The number of methoxy groups -OCH3 is 1. The van der Waals surface area contributed by atoms with Gasteiger partial charge in [-0.3, -0.25) is 14.3 Å².